The van der Waals surface area contributed by atoms with Gasteiger partial charge in [-0.2, -0.15) is 4.98 Å². The lowest BCUT2D eigenvalue weighted by atomic mass is 10.3. The molecule has 0 spiro atoms. The van der Waals surface area contributed by atoms with Gasteiger partial charge >= 0.3 is 0 Å². The summed E-state index contributed by atoms with van der Waals surface area (Å²) in [7, 11) is 0. The van der Waals surface area contributed by atoms with Gasteiger partial charge in [-0.25, -0.2) is 0 Å². The van der Waals surface area contributed by atoms with Gasteiger partial charge in [0.1, 0.15) is 0 Å². The first kappa shape index (κ1) is 6.74. The van der Waals surface area contributed by atoms with Crippen LogP contribution in [0, 0.1) is 0 Å². The van der Waals surface area contributed by atoms with Crippen molar-refractivity contribution < 1.29 is 4.52 Å². The van der Waals surface area contributed by atoms with Crippen LogP contribution in [0.3, 0.4) is 0 Å². The highest BCUT2D eigenvalue weighted by Gasteiger charge is 1.97. The standard InChI is InChI=1S/C7H8N2O/c1-3-4-6(2)7-8-5-10-9-7/h3-5H,1H2,2H3/b6-4+. The predicted molar refractivity (Wildman–Crippen MR) is 38.1 cm³/mol. The van der Waals surface area contributed by atoms with Crippen LogP contribution in [0.15, 0.2) is 29.6 Å². The second-order valence-electron chi connectivity index (χ2n) is 1.84. The van der Waals surface area contributed by atoms with Crippen molar-refractivity contribution >= 4 is 5.57 Å². The van der Waals surface area contributed by atoms with E-state index in [0.717, 1.165) is 5.57 Å². The first-order chi connectivity index (χ1) is 4.84. The number of allylic oxidation sites excluding steroid dienone is 3. The summed E-state index contributed by atoms with van der Waals surface area (Å²) in [5.74, 6) is 0.611. The molecule has 10 heavy (non-hydrogen) atoms. The fourth-order valence-corrected chi connectivity index (χ4v) is 0.596. The van der Waals surface area contributed by atoms with Crippen LogP contribution in [0.4, 0.5) is 0 Å². The van der Waals surface area contributed by atoms with Gasteiger partial charge in [-0.15, -0.1) is 0 Å². The predicted octanol–water partition coefficient (Wildman–Crippen LogP) is 1.66. The number of rotatable bonds is 2. The van der Waals surface area contributed by atoms with Crippen molar-refractivity contribution in [2.45, 2.75) is 6.92 Å². The first-order valence-electron chi connectivity index (χ1n) is 2.90. The molecule has 0 amide bonds. The Kier molecular flexibility index (Phi) is 1.99. The summed E-state index contributed by atoms with van der Waals surface area (Å²) < 4.78 is 4.55. The minimum absolute atomic E-state index is 0.611. The van der Waals surface area contributed by atoms with E-state index in [1.54, 1.807) is 6.08 Å². The maximum absolute atomic E-state index is 4.55. The maximum atomic E-state index is 4.55. The van der Waals surface area contributed by atoms with E-state index < -0.39 is 0 Å². The zero-order valence-corrected chi connectivity index (χ0v) is 5.74. The molecule has 0 bridgehead atoms. The molecule has 3 nitrogen and oxygen atoms in total. The Morgan fingerprint density at radius 1 is 1.80 bits per heavy atom. The topological polar surface area (TPSA) is 38.9 Å². The minimum atomic E-state index is 0.611. The number of hydrogen-bond acceptors (Lipinski definition) is 3. The third-order valence-corrected chi connectivity index (χ3v) is 1.08. The van der Waals surface area contributed by atoms with Crippen molar-refractivity contribution in [2.24, 2.45) is 0 Å². The average Bonchev–Trinajstić information content (AvgIpc) is 2.38. The molecule has 0 N–H and O–H groups in total. The average molecular weight is 136 g/mol. The number of hydrogen-bond donors (Lipinski definition) is 0. The van der Waals surface area contributed by atoms with E-state index in [1.165, 1.54) is 6.39 Å². The van der Waals surface area contributed by atoms with E-state index in [4.69, 9.17) is 0 Å². The monoisotopic (exact) mass is 136 g/mol. The van der Waals surface area contributed by atoms with Gasteiger partial charge in [0.05, 0.1) is 0 Å². The molecule has 0 atom stereocenters. The lowest BCUT2D eigenvalue weighted by Gasteiger charge is -1.86. The van der Waals surface area contributed by atoms with Gasteiger partial charge in [-0.3, -0.25) is 0 Å². The Labute approximate surface area is 59.1 Å². The fourth-order valence-electron chi connectivity index (χ4n) is 0.596. The molecule has 0 fully saturated rings. The molecular weight excluding hydrogens is 128 g/mol. The van der Waals surface area contributed by atoms with Crippen molar-refractivity contribution in [3.05, 3.63) is 30.9 Å². The Bertz CT molecular complexity index is 236. The van der Waals surface area contributed by atoms with Gasteiger partial charge in [0.25, 0.3) is 0 Å². The second kappa shape index (κ2) is 2.96. The third-order valence-electron chi connectivity index (χ3n) is 1.08. The van der Waals surface area contributed by atoms with Crippen LogP contribution in [0.5, 0.6) is 0 Å². The van der Waals surface area contributed by atoms with Gasteiger partial charge in [0, 0.05) is 0 Å². The van der Waals surface area contributed by atoms with Crippen LogP contribution >= 0.6 is 0 Å². The van der Waals surface area contributed by atoms with Crippen LogP contribution in [-0.2, 0) is 0 Å². The molecule has 1 rings (SSSR count). The van der Waals surface area contributed by atoms with Gasteiger partial charge in [-0.1, -0.05) is 23.9 Å². The molecule has 52 valence electrons. The van der Waals surface area contributed by atoms with Gasteiger partial charge in [-0.05, 0) is 12.5 Å². The molecule has 1 aromatic rings. The van der Waals surface area contributed by atoms with Crippen molar-refractivity contribution in [1.29, 1.82) is 0 Å². The Balaban J connectivity index is 2.86. The molecule has 0 radical (unpaired) electrons. The summed E-state index contributed by atoms with van der Waals surface area (Å²) >= 11 is 0. The van der Waals surface area contributed by atoms with E-state index in [2.05, 4.69) is 21.2 Å². The zero-order valence-electron chi connectivity index (χ0n) is 5.74. The minimum Gasteiger partial charge on any atom is -0.342 e. The molecule has 0 aliphatic heterocycles. The van der Waals surface area contributed by atoms with Crippen LogP contribution in [-0.4, -0.2) is 10.1 Å². The molecule has 0 aliphatic carbocycles. The maximum Gasteiger partial charge on any atom is 0.214 e. The van der Waals surface area contributed by atoms with Crippen molar-refractivity contribution in [2.75, 3.05) is 0 Å². The van der Waals surface area contributed by atoms with Crippen LogP contribution < -0.4 is 0 Å². The number of aromatic nitrogens is 2. The van der Waals surface area contributed by atoms with Crippen LogP contribution in [0.2, 0.25) is 0 Å². The Hall–Kier alpha value is -1.38. The van der Waals surface area contributed by atoms with Gasteiger partial charge in [0.2, 0.25) is 6.39 Å². The van der Waals surface area contributed by atoms with Gasteiger partial charge < -0.3 is 4.52 Å². The van der Waals surface area contributed by atoms with Crippen LogP contribution in [0.25, 0.3) is 5.57 Å². The zero-order chi connectivity index (χ0) is 7.40. The van der Waals surface area contributed by atoms with Crippen molar-refractivity contribution in [3.63, 3.8) is 0 Å². The highest BCUT2D eigenvalue weighted by atomic mass is 16.5. The summed E-state index contributed by atoms with van der Waals surface area (Å²) in [4.78, 5) is 3.84. The summed E-state index contributed by atoms with van der Waals surface area (Å²) in [6.07, 6.45) is 4.81. The lowest BCUT2D eigenvalue weighted by molar-refractivity contribution is 0.415. The van der Waals surface area contributed by atoms with E-state index in [0.29, 0.717) is 5.82 Å². The molecule has 0 aliphatic rings. The Morgan fingerprint density at radius 2 is 2.60 bits per heavy atom. The quantitative estimate of drug-likeness (QED) is 0.580. The molecule has 0 aromatic carbocycles. The number of nitrogens with zero attached hydrogens (tertiary/aromatic N) is 2. The summed E-state index contributed by atoms with van der Waals surface area (Å²) in [6.45, 7) is 5.44. The Morgan fingerprint density at radius 3 is 3.10 bits per heavy atom. The molecule has 1 aromatic heterocycles. The van der Waals surface area contributed by atoms with E-state index in [9.17, 15) is 0 Å². The molecule has 0 saturated heterocycles. The lowest BCUT2D eigenvalue weighted by Crippen LogP contribution is -1.80. The molecule has 0 unspecified atom stereocenters. The van der Waals surface area contributed by atoms with E-state index in [1.807, 2.05) is 13.0 Å². The summed E-state index contributed by atoms with van der Waals surface area (Å²) in [6, 6.07) is 0. The normalized spacial score (nSPS) is 11.5. The van der Waals surface area contributed by atoms with E-state index in [-0.39, 0.29) is 0 Å². The third kappa shape index (κ3) is 1.31. The molecule has 3 heteroatoms. The van der Waals surface area contributed by atoms with Crippen LogP contribution in [0.1, 0.15) is 12.7 Å². The van der Waals surface area contributed by atoms with Crippen molar-refractivity contribution in [3.8, 4) is 0 Å². The fraction of sp³-hybridized carbons (Fsp3) is 0.143. The second-order valence-corrected chi connectivity index (χ2v) is 1.84. The SMILES string of the molecule is C=C/C=C(\C)c1ncon1. The highest BCUT2D eigenvalue weighted by molar-refractivity contribution is 5.58. The first-order valence-corrected chi connectivity index (χ1v) is 2.90. The molecule has 0 saturated carbocycles. The largest absolute Gasteiger partial charge is 0.342 e. The van der Waals surface area contributed by atoms with E-state index >= 15 is 0 Å². The summed E-state index contributed by atoms with van der Waals surface area (Å²) in [5.41, 5.74) is 0.948. The van der Waals surface area contributed by atoms with Crippen molar-refractivity contribution in [1.82, 2.24) is 10.1 Å². The molecular formula is C7H8N2O. The highest BCUT2D eigenvalue weighted by Crippen LogP contribution is 2.05. The summed E-state index contributed by atoms with van der Waals surface area (Å²) in [5, 5.41) is 3.63. The smallest absolute Gasteiger partial charge is 0.214 e. The van der Waals surface area contributed by atoms with Gasteiger partial charge in [0.15, 0.2) is 5.82 Å². The molecule has 1 heterocycles.